The molecule has 1 unspecified atom stereocenters. The van der Waals surface area contributed by atoms with Crippen LogP contribution >= 0.6 is 15.9 Å². The van der Waals surface area contributed by atoms with Gasteiger partial charge in [0.25, 0.3) is 0 Å². The number of halogens is 3. The van der Waals surface area contributed by atoms with Crippen LogP contribution in [-0.2, 0) is 6.42 Å². The third-order valence-electron chi connectivity index (χ3n) is 2.07. The van der Waals surface area contributed by atoms with Crippen molar-refractivity contribution in [3.8, 4) is 0 Å². The molecule has 0 aromatic heterocycles. The maximum absolute atomic E-state index is 12.4. The van der Waals surface area contributed by atoms with Crippen LogP contribution in [0.2, 0.25) is 0 Å². The Morgan fingerprint density at radius 1 is 1.21 bits per heavy atom. The van der Waals surface area contributed by atoms with Crippen molar-refractivity contribution >= 4 is 15.9 Å². The molecule has 1 nitrogen and oxygen atoms in total. The van der Waals surface area contributed by atoms with Gasteiger partial charge in [0.2, 0.25) is 6.43 Å². The van der Waals surface area contributed by atoms with E-state index >= 15 is 0 Å². The first-order valence-electron chi connectivity index (χ1n) is 4.36. The van der Waals surface area contributed by atoms with Gasteiger partial charge in [-0.15, -0.1) is 0 Å². The number of benzene rings is 1. The number of hydrogen-bond acceptors (Lipinski definition) is 1. The predicted octanol–water partition coefficient (Wildman–Crippen LogP) is 2.83. The third kappa shape index (κ3) is 3.35. The summed E-state index contributed by atoms with van der Waals surface area (Å²) >= 11 is 3.28. The molecule has 14 heavy (non-hydrogen) atoms. The zero-order valence-electron chi connectivity index (χ0n) is 7.59. The van der Waals surface area contributed by atoms with Crippen LogP contribution in [0.1, 0.15) is 5.56 Å². The molecule has 0 amide bonds. The first-order chi connectivity index (χ1) is 6.63. The Bertz CT molecular complexity index is 274. The molecule has 1 rings (SSSR count). The Hall–Kier alpha value is -0.480. The monoisotopic (exact) mass is 263 g/mol. The summed E-state index contributed by atoms with van der Waals surface area (Å²) in [6, 6.07) is 7.34. The van der Waals surface area contributed by atoms with E-state index in [4.69, 9.17) is 5.73 Å². The minimum atomic E-state index is -2.34. The molecule has 0 saturated carbocycles. The van der Waals surface area contributed by atoms with Gasteiger partial charge >= 0.3 is 0 Å². The van der Waals surface area contributed by atoms with Gasteiger partial charge in [-0.2, -0.15) is 0 Å². The molecule has 1 aromatic carbocycles. The zero-order valence-corrected chi connectivity index (χ0v) is 9.18. The number of nitrogens with two attached hydrogens (primary N) is 1. The highest BCUT2D eigenvalue weighted by atomic mass is 79.9. The van der Waals surface area contributed by atoms with Gasteiger partial charge in [-0.25, -0.2) is 8.78 Å². The van der Waals surface area contributed by atoms with Crippen LogP contribution in [-0.4, -0.2) is 13.0 Å². The molecule has 0 aliphatic carbocycles. The number of rotatable bonds is 4. The molecule has 0 fully saturated rings. The molecule has 4 heteroatoms. The second kappa shape index (κ2) is 5.41. The molecule has 1 aromatic rings. The summed E-state index contributed by atoms with van der Waals surface area (Å²) in [5, 5.41) is 0. The average molecular weight is 264 g/mol. The van der Waals surface area contributed by atoms with Crippen molar-refractivity contribution in [1.82, 2.24) is 0 Å². The van der Waals surface area contributed by atoms with Crippen LogP contribution in [0.3, 0.4) is 0 Å². The topological polar surface area (TPSA) is 26.0 Å². The first-order valence-corrected chi connectivity index (χ1v) is 5.15. The van der Waals surface area contributed by atoms with E-state index in [0.29, 0.717) is 6.42 Å². The summed E-state index contributed by atoms with van der Waals surface area (Å²) in [5.41, 5.74) is 6.15. The largest absolute Gasteiger partial charge is 0.330 e. The zero-order chi connectivity index (χ0) is 10.6. The molecule has 78 valence electrons. The molecule has 0 aliphatic heterocycles. The normalized spacial score (nSPS) is 13.2. The van der Waals surface area contributed by atoms with Crippen LogP contribution in [0.5, 0.6) is 0 Å². The van der Waals surface area contributed by atoms with E-state index in [-0.39, 0.29) is 6.54 Å². The molecule has 0 radical (unpaired) electrons. The van der Waals surface area contributed by atoms with Crippen LogP contribution in [0, 0.1) is 5.92 Å². The summed E-state index contributed by atoms with van der Waals surface area (Å²) in [7, 11) is 0. The summed E-state index contributed by atoms with van der Waals surface area (Å²) in [6.07, 6.45) is -2.01. The lowest BCUT2D eigenvalue weighted by Gasteiger charge is -2.13. The van der Waals surface area contributed by atoms with Crippen LogP contribution in [0.25, 0.3) is 0 Å². The fourth-order valence-corrected chi connectivity index (χ4v) is 1.46. The fourth-order valence-electron chi connectivity index (χ4n) is 1.20. The Morgan fingerprint density at radius 3 is 2.21 bits per heavy atom. The molecule has 2 N–H and O–H groups in total. The molecule has 0 heterocycles. The summed E-state index contributed by atoms with van der Waals surface area (Å²) in [5.74, 6) is -0.740. The minimum Gasteiger partial charge on any atom is -0.330 e. The lowest BCUT2D eigenvalue weighted by Crippen LogP contribution is -2.23. The third-order valence-corrected chi connectivity index (χ3v) is 2.60. The van der Waals surface area contributed by atoms with E-state index < -0.39 is 12.3 Å². The molecule has 0 bridgehead atoms. The smallest absolute Gasteiger partial charge is 0.242 e. The SMILES string of the molecule is NCC(Cc1ccc(Br)cc1)C(F)F. The van der Waals surface area contributed by atoms with Gasteiger partial charge in [0.05, 0.1) is 0 Å². The highest BCUT2D eigenvalue weighted by molar-refractivity contribution is 9.10. The van der Waals surface area contributed by atoms with Gasteiger partial charge < -0.3 is 5.73 Å². The second-order valence-corrected chi connectivity index (χ2v) is 4.08. The van der Waals surface area contributed by atoms with E-state index in [1.165, 1.54) is 0 Å². The number of hydrogen-bond donors (Lipinski definition) is 1. The lowest BCUT2D eigenvalue weighted by molar-refractivity contribution is 0.0814. The van der Waals surface area contributed by atoms with Gasteiger partial charge in [-0.05, 0) is 24.1 Å². The van der Waals surface area contributed by atoms with E-state index in [0.717, 1.165) is 10.0 Å². The fraction of sp³-hybridized carbons (Fsp3) is 0.400. The van der Waals surface area contributed by atoms with E-state index in [1.807, 2.05) is 24.3 Å². The summed E-state index contributed by atoms with van der Waals surface area (Å²) < 4.78 is 25.7. The molecule has 0 aliphatic rings. The van der Waals surface area contributed by atoms with E-state index in [1.54, 1.807) is 0 Å². The molecule has 0 spiro atoms. The van der Waals surface area contributed by atoms with E-state index in [9.17, 15) is 8.78 Å². The van der Waals surface area contributed by atoms with Crippen LogP contribution in [0.4, 0.5) is 8.78 Å². The standard InChI is InChI=1S/C10H12BrF2N/c11-9-3-1-7(2-4-9)5-8(6-14)10(12)13/h1-4,8,10H,5-6,14H2. The van der Waals surface area contributed by atoms with Crippen LogP contribution in [0.15, 0.2) is 28.7 Å². The van der Waals surface area contributed by atoms with Crippen molar-refractivity contribution in [3.05, 3.63) is 34.3 Å². The van der Waals surface area contributed by atoms with Crippen molar-refractivity contribution in [2.75, 3.05) is 6.54 Å². The minimum absolute atomic E-state index is 0.0216. The average Bonchev–Trinajstić information content (AvgIpc) is 2.16. The lowest BCUT2D eigenvalue weighted by atomic mass is 10.0. The molecular weight excluding hydrogens is 252 g/mol. The molecular formula is C10H12BrF2N. The summed E-state index contributed by atoms with van der Waals surface area (Å²) in [4.78, 5) is 0. The highest BCUT2D eigenvalue weighted by Gasteiger charge is 2.18. The molecule has 1 atom stereocenters. The van der Waals surface area contributed by atoms with Crippen molar-refractivity contribution in [2.24, 2.45) is 11.7 Å². The van der Waals surface area contributed by atoms with Gasteiger partial charge in [-0.3, -0.25) is 0 Å². The Kier molecular flexibility index (Phi) is 4.48. The Labute approximate surface area is 90.4 Å². The summed E-state index contributed by atoms with van der Waals surface area (Å²) in [6.45, 7) is 0.0216. The van der Waals surface area contributed by atoms with Crippen molar-refractivity contribution in [2.45, 2.75) is 12.8 Å². The van der Waals surface area contributed by atoms with Crippen molar-refractivity contribution < 1.29 is 8.78 Å². The number of alkyl halides is 2. The second-order valence-electron chi connectivity index (χ2n) is 3.16. The van der Waals surface area contributed by atoms with E-state index in [2.05, 4.69) is 15.9 Å². The van der Waals surface area contributed by atoms with Gasteiger partial charge in [0, 0.05) is 16.9 Å². The van der Waals surface area contributed by atoms with Crippen molar-refractivity contribution in [1.29, 1.82) is 0 Å². The Morgan fingerprint density at radius 2 is 1.79 bits per heavy atom. The maximum atomic E-state index is 12.4. The first kappa shape index (κ1) is 11.6. The van der Waals surface area contributed by atoms with Crippen molar-refractivity contribution in [3.63, 3.8) is 0 Å². The van der Waals surface area contributed by atoms with Gasteiger partial charge in [0.1, 0.15) is 0 Å². The maximum Gasteiger partial charge on any atom is 0.242 e. The van der Waals surface area contributed by atoms with Crippen LogP contribution < -0.4 is 5.73 Å². The quantitative estimate of drug-likeness (QED) is 0.889. The highest BCUT2D eigenvalue weighted by Crippen LogP contribution is 2.17. The van der Waals surface area contributed by atoms with Gasteiger partial charge in [-0.1, -0.05) is 28.1 Å². The molecule has 0 saturated heterocycles. The van der Waals surface area contributed by atoms with Gasteiger partial charge in [0.15, 0.2) is 0 Å². The predicted molar refractivity (Wildman–Crippen MR) is 56.4 cm³/mol. The Balaban J connectivity index is 2.63.